The molecule has 0 saturated carbocycles. The lowest BCUT2D eigenvalue weighted by Crippen LogP contribution is -2.44. The van der Waals surface area contributed by atoms with Crippen molar-refractivity contribution in [1.82, 2.24) is 9.88 Å². The maximum atomic E-state index is 12.3. The molecule has 1 amide bonds. The smallest absolute Gasteiger partial charge is 0.255 e. The number of likely N-dealkylation sites (tertiary alicyclic amines) is 1. The Labute approximate surface area is 121 Å². The molecule has 0 unspecified atom stereocenters. The second-order valence-electron chi connectivity index (χ2n) is 4.47. The molecule has 0 spiro atoms. The predicted molar refractivity (Wildman–Crippen MR) is 76.2 cm³/mol. The van der Waals surface area contributed by atoms with Gasteiger partial charge in [-0.25, -0.2) is 4.98 Å². The van der Waals surface area contributed by atoms with Gasteiger partial charge in [0.25, 0.3) is 5.91 Å². The van der Waals surface area contributed by atoms with Crippen molar-refractivity contribution in [2.24, 2.45) is 0 Å². The number of rotatable bonds is 2. The minimum Gasteiger partial charge on any atom is -0.338 e. The molecular weight excluding hydrogens is 282 g/mol. The number of piperidine rings is 1. The van der Waals surface area contributed by atoms with Crippen molar-refractivity contribution in [2.45, 2.75) is 17.6 Å². The van der Waals surface area contributed by atoms with E-state index in [0.29, 0.717) is 36.6 Å². The Kier molecular flexibility index (Phi) is 4.33. The number of hydrogen-bond donors (Lipinski definition) is 0. The van der Waals surface area contributed by atoms with Gasteiger partial charge in [-0.3, -0.25) is 4.79 Å². The van der Waals surface area contributed by atoms with E-state index in [9.17, 15) is 10.1 Å². The third-order valence-electron chi connectivity index (χ3n) is 3.43. The molecule has 0 atom stereocenters. The van der Waals surface area contributed by atoms with Crippen molar-refractivity contribution in [3.05, 3.63) is 29.0 Å². The number of hydrogen-bond acceptors (Lipinski definition) is 4. The van der Waals surface area contributed by atoms with Crippen LogP contribution in [-0.2, 0) is 0 Å². The maximum Gasteiger partial charge on any atom is 0.255 e. The molecule has 1 saturated heterocycles. The highest BCUT2D eigenvalue weighted by Crippen LogP contribution is 2.34. The first-order valence-electron chi connectivity index (χ1n) is 5.97. The lowest BCUT2D eigenvalue weighted by molar-refractivity contribution is 0.0716. The molecule has 19 heavy (non-hydrogen) atoms. The molecule has 1 fully saturated rings. The first-order chi connectivity index (χ1) is 9.10. The zero-order chi connectivity index (χ0) is 13.9. The number of nitriles is 1. The average molecular weight is 296 g/mol. The van der Waals surface area contributed by atoms with Crippen molar-refractivity contribution in [3.8, 4) is 6.07 Å². The van der Waals surface area contributed by atoms with Crippen LogP contribution in [0.2, 0.25) is 5.15 Å². The summed E-state index contributed by atoms with van der Waals surface area (Å²) in [6.07, 6.45) is 4.85. The summed E-state index contributed by atoms with van der Waals surface area (Å²) in [6, 6.07) is 5.66. The summed E-state index contributed by atoms with van der Waals surface area (Å²) in [5.74, 6) is -0.0446. The van der Waals surface area contributed by atoms with E-state index in [1.54, 1.807) is 28.8 Å². The fourth-order valence-corrected chi connectivity index (χ4v) is 2.91. The highest BCUT2D eigenvalue weighted by atomic mass is 35.5. The van der Waals surface area contributed by atoms with E-state index in [2.05, 4.69) is 11.1 Å². The first-order valence-corrected chi connectivity index (χ1v) is 7.58. The molecule has 2 heterocycles. The molecule has 0 bridgehead atoms. The Hall–Kier alpha value is -1.25. The highest BCUT2D eigenvalue weighted by molar-refractivity contribution is 8.00. The zero-order valence-electron chi connectivity index (χ0n) is 10.6. The quantitative estimate of drug-likeness (QED) is 0.787. The Morgan fingerprint density at radius 1 is 1.53 bits per heavy atom. The van der Waals surface area contributed by atoms with Gasteiger partial charge in [0.1, 0.15) is 9.90 Å². The second-order valence-corrected chi connectivity index (χ2v) is 6.05. The Bertz CT molecular complexity index is 504. The van der Waals surface area contributed by atoms with Crippen LogP contribution in [-0.4, -0.2) is 39.9 Å². The second kappa shape index (κ2) is 5.81. The van der Waals surface area contributed by atoms with Crippen LogP contribution in [0.5, 0.6) is 0 Å². The van der Waals surface area contributed by atoms with Crippen molar-refractivity contribution in [3.63, 3.8) is 0 Å². The normalized spacial score (nSPS) is 17.8. The Morgan fingerprint density at radius 3 is 2.68 bits per heavy atom. The molecule has 4 nitrogen and oxygen atoms in total. The van der Waals surface area contributed by atoms with Gasteiger partial charge in [0.2, 0.25) is 0 Å². The molecule has 0 aromatic carbocycles. The summed E-state index contributed by atoms with van der Waals surface area (Å²) in [6.45, 7) is 1.21. The molecule has 2 rings (SSSR count). The van der Waals surface area contributed by atoms with E-state index in [1.165, 1.54) is 6.20 Å². The van der Waals surface area contributed by atoms with Gasteiger partial charge >= 0.3 is 0 Å². The van der Waals surface area contributed by atoms with Gasteiger partial charge in [-0.05, 0) is 31.2 Å². The number of carbonyl (C=O) groups excluding carboxylic acids is 1. The first kappa shape index (κ1) is 14.2. The van der Waals surface area contributed by atoms with Gasteiger partial charge in [0.15, 0.2) is 0 Å². The monoisotopic (exact) mass is 295 g/mol. The van der Waals surface area contributed by atoms with Crippen LogP contribution in [0.25, 0.3) is 0 Å². The molecule has 1 aliphatic rings. The molecule has 1 aromatic heterocycles. The van der Waals surface area contributed by atoms with E-state index in [-0.39, 0.29) is 10.7 Å². The van der Waals surface area contributed by atoms with Gasteiger partial charge in [-0.2, -0.15) is 5.26 Å². The van der Waals surface area contributed by atoms with Crippen LogP contribution < -0.4 is 0 Å². The van der Waals surface area contributed by atoms with Crippen LogP contribution in [0.4, 0.5) is 0 Å². The standard InChI is InChI=1S/C13H14ClN3OS/c1-19-13(9-15)4-6-17(7-5-13)12(18)10-2-3-11(14)16-8-10/h2-3,8H,4-7H2,1H3. The summed E-state index contributed by atoms with van der Waals surface area (Å²) < 4.78 is -0.338. The predicted octanol–water partition coefficient (Wildman–Crippen LogP) is 2.60. The summed E-state index contributed by atoms with van der Waals surface area (Å²) in [5.41, 5.74) is 0.540. The molecule has 0 aliphatic carbocycles. The molecule has 1 aliphatic heterocycles. The summed E-state index contributed by atoms with van der Waals surface area (Å²) in [4.78, 5) is 17.9. The van der Waals surface area contributed by atoms with E-state index >= 15 is 0 Å². The largest absolute Gasteiger partial charge is 0.338 e. The fraction of sp³-hybridized carbons (Fsp3) is 0.462. The molecule has 0 radical (unpaired) electrons. The van der Waals surface area contributed by atoms with Crippen molar-refractivity contribution in [2.75, 3.05) is 19.3 Å². The minimum atomic E-state index is -0.338. The SMILES string of the molecule is CSC1(C#N)CCN(C(=O)c2ccc(Cl)nc2)CC1. The topological polar surface area (TPSA) is 57.0 Å². The van der Waals surface area contributed by atoms with Gasteiger partial charge in [-0.15, -0.1) is 11.8 Å². The third-order valence-corrected chi connectivity index (χ3v) is 4.93. The maximum absolute atomic E-state index is 12.3. The summed E-state index contributed by atoms with van der Waals surface area (Å²) in [7, 11) is 0. The van der Waals surface area contributed by atoms with E-state index in [0.717, 1.165) is 0 Å². The van der Waals surface area contributed by atoms with Crippen molar-refractivity contribution >= 4 is 29.3 Å². The molecule has 0 N–H and O–H groups in total. The number of halogens is 1. The van der Waals surface area contributed by atoms with Crippen LogP contribution >= 0.6 is 23.4 Å². The number of thioether (sulfide) groups is 1. The van der Waals surface area contributed by atoms with Gasteiger partial charge < -0.3 is 4.90 Å². The Balaban J connectivity index is 2.04. The van der Waals surface area contributed by atoms with Crippen molar-refractivity contribution < 1.29 is 4.79 Å². The van der Waals surface area contributed by atoms with Gasteiger partial charge in [-0.1, -0.05) is 11.6 Å². The minimum absolute atomic E-state index is 0.0446. The summed E-state index contributed by atoms with van der Waals surface area (Å²) >= 11 is 7.28. The molecule has 1 aromatic rings. The lowest BCUT2D eigenvalue weighted by Gasteiger charge is -2.36. The molecular formula is C13H14ClN3OS. The number of carbonyl (C=O) groups is 1. The van der Waals surface area contributed by atoms with E-state index in [4.69, 9.17) is 11.6 Å². The molecule has 100 valence electrons. The van der Waals surface area contributed by atoms with Crippen LogP contribution in [0, 0.1) is 11.3 Å². The summed E-state index contributed by atoms with van der Waals surface area (Å²) in [5, 5.41) is 9.59. The van der Waals surface area contributed by atoms with Crippen LogP contribution in [0.3, 0.4) is 0 Å². The lowest BCUT2D eigenvalue weighted by atomic mass is 9.97. The van der Waals surface area contributed by atoms with Gasteiger partial charge in [0.05, 0.1) is 11.6 Å². The number of amides is 1. The molecule has 6 heteroatoms. The number of aromatic nitrogens is 1. The van der Waals surface area contributed by atoms with Crippen molar-refractivity contribution in [1.29, 1.82) is 5.26 Å². The zero-order valence-corrected chi connectivity index (χ0v) is 12.2. The Morgan fingerprint density at radius 2 is 2.21 bits per heavy atom. The fourth-order valence-electron chi connectivity index (χ4n) is 2.12. The average Bonchev–Trinajstić information content (AvgIpc) is 2.47. The van der Waals surface area contributed by atoms with Crippen LogP contribution in [0.15, 0.2) is 18.3 Å². The third kappa shape index (κ3) is 3.02. The number of pyridine rings is 1. The highest BCUT2D eigenvalue weighted by Gasteiger charge is 2.35. The van der Waals surface area contributed by atoms with E-state index in [1.807, 2.05) is 6.26 Å². The van der Waals surface area contributed by atoms with E-state index < -0.39 is 0 Å². The van der Waals surface area contributed by atoms with Gasteiger partial charge in [0, 0.05) is 19.3 Å². The van der Waals surface area contributed by atoms with Crippen LogP contribution in [0.1, 0.15) is 23.2 Å². The number of nitrogens with zero attached hydrogens (tertiary/aromatic N) is 3.